The van der Waals surface area contributed by atoms with Crippen LogP contribution in [0.3, 0.4) is 0 Å². The van der Waals surface area contributed by atoms with Gasteiger partial charge in [-0.1, -0.05) is 0 Å². The molecule has 116 valence electrons. The van der Waals surface area contributed by atoms with Crippen molar-refractivity contribution in [2.75, 3.05) is 7.05 Å². The summed E-state index contributed by atoms with van der Waals surface area (Å²) in [5.74, 6) is 0.140. The van der Waals surface area contributed by atoms with Gasteiger partial charge in [-0.05, 0) is 61.5 Å². The van der Waals surface area contributed by atoms with Crippen molar-refractivity contribution in [3.63, 3.8) is 0 Å². The summed E-state index contributed by atoms with van der Waals surface area (Å²) in [5, 5.41) is 3.64. The summed E-state index contributed by atoms with van der Waals surface area (Å²) < 4.78 is 3.02. The van der Waals surface area contributed by atoms with Gasteiger partial charge >= 0.3 is 0 Å². The third-order valence-corrected chi connectivity index (χ3v) is 5.34. The van der Waals surface area contributed by atoms with Gasteiger partial charge in [0.1, 0.15) is 5.69 Å². The third kappa shape index (κ3) is 2.90. The number of fused-ring (bicyclic) bond motifs is 2. The Morgan fingerprint density at radius 2 is 2.00 bits per heavy atom. The smallest absolute Gasteiger partial charge is 0.270 e. The fourth-order valence-electron chi connectivity index (χ4n) is 3.73. The molecule has 0 aliphatic carbocycles. The van der Waals surface area contributed by atoms with Gasteiger partial charge < -0.3 is 14.8 Å². The second-order valence-electron chi connectivity index (χ2n) is 6.72. The molecule has 21 heavy (non-hydrogen) atoms. The molecular weight excluding hydrogens is 330 g/mol. The first-order valence-corrected chi connectivity index (χ1v) is 8.65. The lowest BCUT2D eigenvalue weighted by Gasteiger charge is -2.35. The maximum absolute atomic E-state index is 12.9. The zero-order chi connectivity index (χ0) is 15.1. The topological polar surface area (TPSA) is 37.3 Å². The van der Waals surface area contributed by atoms with Crippen molar-refractivity contribution in [3.05, 3.63) is 22.4 Å². The van der Waals surface area contributed by atoms with E-state index in [2.05, 4.69) is 39.7 Å². The monoisotopic (exact) mass is 353 g/mol. The largest absolute Gasteiger partial charge is 0.340 e. The number of piperidine rings is 1. The highest BCUT2D eigenvalue weighted by molar-refractivity contribution is 9.10. The number of nitrogens with zero attached hydrogens (tertiary/aromatic N) is 2. The van der Waals surface area contributed by atoms with Crippen LogP contribution in [0, 0.1) is 0 Å². The van der Waals surface area contributed by atoms with Gasteiger partial charge in [-0.3, -0.25) is 4.79 Å². The van der Waals surface area contributed by atoms with E-state index in [4.69, 9.17) is 0 Å². The molecule has 2 fully saturated rings. The second-order valence-corrected chi connectivity index (χ2v) is 7.64. The number of hydrogen-bond donors (Lipinski definition) is 1. The van der Waals surface area contributed by atoms with Crippen LogP contribution in [-0.2, 0) is 0 Å². The predicted molar refractivity (Wildman–Crippen MR) is 87.6 cm³/mol. The van der Waals surface area contributed by atoms with E-state index in [0.717, 1.165) is 23.0 Å². The second kappa shape index (κ2) is 5.76. The molecule has 1 aromatic heterocycles. The van der Waals surface area contributed by atoms with Gasteiger partial charge in [-0.2, -0.15) is 0 Å². The van der Waals surface area contributed by atoms with E-state index in [0.29, 0.717) is 18.1 Å². The van der Waals surface area contributed by atoms with Crippen LogP contribution in [-0.4, -0.2) is 40.5 Å². The molecular formula is C16H24BrN3O. The molecule has 2 aliphatic heterocycles. The van der Waals surface area contributed by atoms with Crippen molar-refractivity contribution < 1.29 is 4.79 Å². The summed E-state index contributed by atoms with van der Waals surface area (Å²) in [4.78, 5) is 14.8. The van der Waals surface area contributed by atoms with Crippen LogP contribution in [0.25, 0.3) is 0 Å². The standard InChI is InChI=1S/C16H24BrN3O/c1-10(2)20-9-11(17)6-15(20)16(21)19(3)14-7-12-4-5-13(8-14)18-12/h6,9-10,12-14,18H,4-5,7-8H2,1-3H3. The van der Waals surface area contributed by atoms with Crippen molar-refractivity contribution in [3.8, 4) is 0 Å². The van der Waals surface area contributed by atoms with E-state index in [9.17, 15) is 4.79 Å². The fraction of sp³-hybridized carbons (Fsp3) is 0.688. The van der Waals surface area contributed by atoms with Gasteiger partial charge in [-0.15, -0.1) is 0 Å². The number of carbonyl (C=O) groups is 1. The summed E-state index contributed by atoms with van der Waals surface area (Å²) in [6, 6.07) is 3.80. The first kappa shape index (κ1) is 15.1. The highest BCUT2D eigenvalue weighted by atomic mass is 79.9. The summed E-state index contributed by atoms with van der Waals surface area (Å²) >= 11 is 3.49. The van der Waals surface area contributed by atoms with E-state index in [-0.39, 0.29) is 11.9 Å². The molecule has 2 unspecified atom stereocenters. The number of nitrogens with one attached hydrogen (secondary N) is 1. The molecule has 3 heterocycles. The number of rotatable bonds is 3. The SMILES string of the molecule is CC(C)n1cc(Br)cc1C(=O)N(C)C1CC2CCC(C1)N2. The predicted octanol–water partition coefficient (Wildman–Crippen LogP) is 3.19. The van der Waals surface area contributed by atoms with E-state index in [1.807, 2.05) is 24.2 Å². The molecule has 0 saturated carbocycles. The van der Waals surface area contributed by atoms with Gasteiger partial charge in [0.25, 0.3) is 5.91 Å². The Morgan fingerprint density at radius 3 is 2.57 bits per heavy atom. The number of aromatic nitrogens is 1. The van der Waals surface area contributed by atoms with Gasteiger partial charge in [-0.25, -0.2) is 0 Å². The molecule has 2 atom stereocenters. The van der Waals surface area contributed by atoms with E-state index in [1.54, 1.807) is 0 Å². The highest BCUT2D eigenvalue weighted by Crippen LogP contribution is 2.30. The fourth-order valence-corrected chi connectivity index (χ4v) is 4.17. The average molecular weight is 354 g/mol. The minimum Gasteiger partial charge on any atom is -0.340 e. The summed E-state index contributed by atoms with van der Waals surface area (Å²) in [7, 11) is 1.96. The lowest BCUT2D eigenvalue weighted by atomic mass is 9.98. The summed E-state index contributed by atoms with van der Waals surface area (Å²) in [6.07, 6.45) is 6.69. The van der Waals surface area contributed by atoms with Crippen molar-refractivity contribution in [2.45, 2.75) is 63.7 Å². The molecule has 1 N–H and O–H groups in total. The zero-order valence-corrected chi connectivity index (χ0v) is 14.6. The zero-order valence-electron chi connectivity index (χ0n) is 13.0. The number of amides is 1. The third-order valence-electron chi connectivity index (χ3n) is 4.91. The van der Waals surface area contributed by atoms with Crippen LogP contribution in [0.15, 0.2) is 16.7 Å². The maximum atomic E-state index is 12.9. The van der Waals surface area contributed by atoms with Gasteiger partial charge in [0, 0.05) is 41.9 Å². The molecule has 1 aromatic rings. The molecule has 2 bridgehead atoms. The average Bonchev–Trinajstić information content (AvgIpc) is 3.00. The van der Waals surface area contributed by atoms with Crippen LogP contribution in [0.2, 0.25) is 0 Å². The molecule has 3 rings (SSSR count). The van der Waals surface area contributed by atoms with Crippen LogP contribution < -0.4 is 5.32 Å². The molecule has 0 aromatic carbocycles. The van der Waals surface area contributed by atoms with Crippen molar-refractivity contribution >= 4 is 21.8 Å². The Bertz CT molecular complexity index is 528. The molecule has 2 aliphatic rings. The van der Waals surface area contributed by atoms with Crippen LogP contribution in [0.1, 0.15) is 56.1 Å². The number of hydrogen-bond acceptors (Lipinski definition) is 2. The van der Waals surface area contributed by atoms with Gasteiger partial charge in [0.05, 0.1) is 0 Å². The molecule has 5 heteroatoms. The van der Waals surface area contributed by atoms with Crippen LogP contribution in [0.5, 0.6) is 0 Å². The van der Waals surface area contributed by atoms with E-state index >= 15 is 0 Å². The van der Waals surface area contributed by atoms with E-state index in [1.165, 1.54) is 12.8 Å². The molecule has 4 nitrogen and oxygen atoms in total. The molecule has 1 amide bonds. The Hall–Kier alpha value is -0.810. The Morgan fingerprint density at radius 1 is 1.38 bits per heavy atom. The molecule has 2 saturated heterocycles. The highest BCUT2D eigenvalue weighted by Gasteiger charge is 2.37. The van der Waals surface area contributed by atoms with Crippen molar-refractivity contribution in [1.82, 2.24) is 14.8 Å². The van der Waals surface area contributed by atoms with Crippen molar-refractivity contribution in [1.29, 1.82) is 0 Å². The normalized spacial score (nSPS) is 28.1. The van der Waals surface area contributed by atoms with Crippen molar-refractivity contribution in [2.24, 2.45) is 0 Å². The summed E-state index contributed by atoms with van der Waals surface area (Å²) in [6.45, 7) is 4.21. The van der Waals surface area contributed by atoms with Gasteiger partial charge in [0.15, 0.2) is 0 Å². The number of halogens is 1. The van der Waals surface area contributed by atoms with Crippen LogP contribution in [0.4, 0.5) is 0 Å². The van der Waals surface area contributed by atoms with Gasteiger partial charge in [0.2, 0.25) is 0 Å². The minimum absolute atomic E-state index is 0.140. The molecule has 0 spiro atoms. The Balaban J connectivity index is 1.78. The van der Waals surface area contributed by atoms with E-state index < -0.39 is 0 Å². The lowest BCUT2D eigenvalue weighted by Crippen LogP contribution is -2.49. The summed E-state index contributed by atoms with van der Waals surface area (Å²) in [5.41, 5.74) is 0.783. The first-order valence-electron chi connectivity index (χ1n) is 7.86. The quantitative estimate of drug-likeness (QED) is 0.905. The molecule has 0 radical (unpaired) electrons. The van der Waals surface area contributed by atoms with Crippen LogP contribution >= 0.6 is 15.9 Å². The number of carbonyl (C=O) groups excluding carboxylic acids is 1. The Labute approximate surface area is 135 Å². The minimum atomic E-state index is 0.140. The first-order chi connectivity index (χ1) is 9.95. The lowest BCUT2D eigenvalue weighted by molar-refractivity contribution is 0.0669. The maximum Gasteiger partial charge on any atom is 0.270 e. The Kier molecular flexibility index (Phi) is 4.14.